The number of nitrogens with zero attached hydrogens (tertiary/aromatic N) is 3. The molecule has 2 rings (SSSR count). The number of amidine groups is 1. The van der Waals surface area contributed by atoms with E-state index in [2.05, 4.69) is 15.1 Å². The standard InChI is InChI=1S/C12H19N5/c1-7-8(2)15-16-12(10(7)11(13)14)17(3)6-9-4-5-9/h9H,4-6H2,1-3H3,(H3,13,14). The molecule has 0 saturated heterocycles. The zero-order valence-electron chi connectivity index (χ0n) is 10.6. The molecule has 5 nitrogen and oxygen atoms in total. The van der Waals surface area contributed by atoms with Gasteiger partial charge in [-0.3, -0.25) is 5.41 Å². The molecule has 0 atom stereocenters. The molecule has 0 unspecified atom stereocenters. The fourth-order valence-corrected chi connectivity index (χ4v) is 1.96. The van der Waals surface area contributed by atoms with Gasteiger partial charge in [-0.25, -0.2) is 0 Å². The molecule has 1 aliphatic rings. The summed E-state index contributed by atoms with van der Waals surface area (Å²) in [5.74, 6) is 1.56. The maximum Gasteiger partial charge on any atom is 0.162 e. The van der Waals surface area contributed by atoms with Gasteiger partial charge in [0.05, 0.1) is 11.3 Å². The van der Waals surface area contributed by atoms with Gasteiger partial charge in [0.1, 0.15) is 5.84 Å². The van der Waals surface area contributed by atoms with E-state index in [0.717, 1.165) is 35.1 Å². The van der Waals surface area contributed by atoms with Crippen molar-refractivity contribution in [2.45, 2.75) is 26.7 Å². The number of hydrogen-bond donors (Lipinski definition) is 2. The van der Waals surface area contributed by atoms with Crippen molar-refractivity contribution in [1.29, 1.82) is 5.41 Å². The first kappa shape index (κ1) is 11.8. The third-order valence-electron chi connectivity index (χ3n) is 3.30. The molecule has 17 heavy (non-hydrogen) atoms. The van der Waals surface area contributed by atoms with Crippen LogP contribution < -0.4 is 10.6 Å². The summed E-state index contributed by atoms with van der Waals surface area (Å²) in [5.41, 5.74) is 8.16. The predicted octanol–water partition coefficient (Wildman–Crippen LogP) is 1.22. The average Bonchev–Trinajstić information content (AvgIpc) is 3.04. The molecule has 0 spiro atoms. The van der Waals surface area contributed by atoms with Crippen molar-refractivity contribution in [2.24, 2.45) is 11.7 Å². The molecule has 1 aromatic heterocycles. The molecular formula is C12H19N5. The maximum atomic E-state index is 7.69. The fourth-order valence-electron chi connectivity index (χ4n) is 1.96. The third-order valence-corrected chi connectivity index (χ3v) is 3.30. The topological polar surface area (TPSA) is 78.9 Å². The van der Waals surface area contributed by atoms with E-state index in [4.69, 9.17) is 11.1 Å². The summed E-state index contributed by atoms with van der Waals surface area (Å²) in [6.07, 6.45) is 2.58. The first-order valence-corrected chi connectivity index (χ1v) is 5.90. The van der Waals surface area contributed by atoms with Gasteiger partial charge in [0.2, 0.25) is 0 Å². The van der Waals surface area contributed by atoms with E-state index >= 15 is 0 Å². The molecule has 1 fully saturated rings. The van der Waals surface area contributed by atoms with Gasteiger partial charge in [0.15, 0.2) is 5.82 Å². The molecule has 1 aliphatic carbocycles. The lowest BCUT2D eigenvalue weighted by atomic mass is 10.1. The van der Waals surface area contributed by atoms with E-state index in [-0.39, 0.29) is 5.84 Å². The van der Waals surface area contributed by atoms with Crippen LogP contribution in [0.3, 0.4) is 0 Å². The molecule has 0 aromatic carbocycles. The molecule has 1 aromatic rings. The highest BCUT2D eigenvalue weighted by molar-refractivity contribution is 6.01. The van der Waals surface area contributed by atoms with Gasteiger partial charge in [-0.05, 0) is 38.2 Å². The van der Waals surface area contributed by atoms with E-state index < -0.39 is 0 Å². The van der Waals surface area contributed by atoms with Crippen molar-refractivity contribution in [3.8, 4) is 0 Å². The SMILES string of the molecule is Cc1nnc(N(C)CC2CC2)c(C(=N)N)c1C. The normalized spacial score (nSPS) is 14.8. The second kappa shape index (κ2) is 4.31. The van der Waals surface area contributed by atoms with Gasteiger partial charge >= 0.3 is 0 Å². The summed E-state index contributed by atoms with van der Waals surface area (Å²) in [5, 5.41) is 16.0. The van der Waals surface area contributed by atoms with Crippen molar-refractivity contribution in [3.63, 3.8) is 0 Å². The Hall–Kier alpha value is -1.65. The largest absolute Gasteiger partial charge is 0.384 e. The molecule has 1 saturated carbocycles. The predicted molar refractivity (Wildman–Crippen MR) is 68.5 cm³/mol. The fraction of sp³-hybridized carbons (Fsp3) is 0.583. The van der Waals surface area contributed by atoms with E-state index in [1.54, 1.807) is 0 Å². The van der Waals surface area contributed by atoms with Crippen molar-refractivity contribution in [3.05, 3.63) is 16.8 Å². The lowest BCUT2D eigenvalue weighted by molar-refractivity contribution is 0.762. The van der Waals surface area contributed by atoms with Crippen LogP contribution >= 0.6 is 0 Å². The molecule has 1 heterocycles. The summed E-state index contributed by atoms with van der Waals surface area (Å²) in [4.78, 5) is 2.06. The Morgan fingerprint density at radius 1 is 1.41 bits per heavy atom. The molecular weight excluding hydrogens is 214 g/mol. The van der Waals surface area contributed by atoms with Crippen LogP contribution in [0, 0.1) is 25.2 Å². The number of nitrogen functional groups attached to an aromatic ring is 1. The molecule has 0 bridgehead atoms. The molecule has 0 aliphatic heterocycles. The monoisotopic (exact) mass is 233 g/mol. The van der Waals surface area contributed by atoms with Crippen LogP contribution in [0.2, 0.25) is 0 Å². The van der Waals surface area contributed by atoms with Gasteiger partial charge in [0.25, 0.3) is 0 Å². The van der Waals surface area contributed by atoms with Crippen LogP contribution in [-0.4, -0.2) is 29.6 Å². The van der Waals surface area contributed by atoms with Gasteiger partial charge in [-0.2, -0.15) is 5.10 Å². The van der Waals surface area contributed by atoms with Gasteiger partial charge in [-0.15, -0.1) is 5.10 Å². The molecule has 5 heteroatoms. The van der Waals surface area contributed by atoms with Crippen LogP contribution in [0.4, 0.5) is 5.82 Å². The average molecular weight is 233 g/mol. The Bertz CT molecular complexity index is 450. The number of nitrogens with two attached hydrogens (primary N) is 1. The highest BCUT2D eigenvalue weighted by atomic mass is 15.3. The maximum absolute atomic E-state index is 7.69. The second-order valence-corrected chi connectivity index (χ2v) is 4.85. The first-order chi connectivity index (χ1) is 8.00. The quantitative estimate of drug-likeness (QED) is 0.605. The highest BCUT2D eigenvalue weighted by Crippen LogP contribution is 2.31. The minimum Gasteiger partial charge on any atom is -0.384 e. The van der Waals surface area contributed by atoms with Gasteiger partial charge in [-0.1, -0.05) is 0 Å². The Kier molecular flexibility index (Phi) is 3.00. The summed E-state index contributed by atoms with van der Waals surface area (Å²) >= 11 is 0. The summed E-state index contributed by atoms with van der Waals surface area (Å²) in [7, 11) is 1.99. The van der Waals surface area contributed by atoms with Gasteiger partial charge < -0.3 is 10.6 Å². The zero-order valence-corrected chi connectivity index (χ0v) is 10.6. The number of nitrogens with one attached hydrogen (secondary N) is 1. The smallest absolute Gasteiger partial charge is 0.162 e. The van der Waals surface area contributed by atoms with Crippen LogP contribution in [-0.2, 0) is 0 Å². The summed E-state index contributed by atoms with van der Waals surface area (Å²) in [6, 6.07) is 0. The zero-order chi connectivity index (χ0) is 12.6. The Labute approximate surface area is 102 Å². The van der Waals surface area contributed by atoms with E-state index in [1.165, 1.54) is 12.8 Å². The third kappa shape index (κ3) is 2.38. The van der Waals surface area contributed by atoms with E-state index in [1.807, 2.05) is 20.9 Å². The molecule has 0 amide bonds. The molecule has 3 N–H and O–H groups in total. The Morgan fingerprint density at radius 2 is 2.06 bits per heavy atom. The lowest BCUT2D eigenvalue weighted by Gasteiger charge is -2.21. The van der Waals surface area contributed by atoms with Crippen LogP contribution in [0.5, 0.6) is 0 Å². The van der Waals surface area contributed by atoms with Gasteiger partial charge in [0, 0.05) is 13.6 Å². The van der Waals surface area contributed by atoms with Crippen LogP contribution in [0.25, 0.3) is 0 Å². The summed E-state index contributed by atoms with van der Waals surface area (Å²) < 4.78 is 0. The Morgan fingerprint density at radius 3 is 2.59 bits per heavy atom. The first-order valence-electron chi connectivity index (χ1n) is 5.90. The number of aromatic nitrogens is 2. The van der Waals surface area contributed by atoms with E-state index in [0.29, 0.717) is 0 Å². The lowest BCUT2D eigenvalue weighted by Crippen LogP contribution is -2.27. The van der Waals surface area contributed by atoms with E-state index in [9.17, 15) is 0 Å². The van der Waals surface area contributed by atoms with Crippen molar-refractivity contribution >= 4 is 11.7 Å². The number of anilines is 1. The molecule has 92 valence electrons. The van der Waals surface area contributed by atoms with Crippen molar-refractivity contribution < 1.29 is 0 Å². The number of rotatable bonds is 4. The van der Waals surface area contributed by atoms with Crippen molar-refractivity contribution in [1.82, 2.24) is 10.2 Å². The molecule has 0 radical (unpaired) electrons. The van der Waals surface area contributed by atoms with Crippen LogP contribution in [0.15, 0.2) is 0 Å². The number of hydrogen-bond acceptors (Lipinski definition) is 4. The van der Waals surface area contributed by atoms with Crippen molar-refractivity contribution in [2.75, 3.05) is 18.5 Å². The summed E-state index contributed by atoms with van der Waals surface area (Å²) in [6.45, 7) is 4.80. The number of aryl methyl sites for hydroxylation is 1. The Balaban J connectivity index is 2.37. The van der Waals surface area contributed by atoms with Crippen LogP contribution in [0.1, 0.15) is 29.7 Å². The minimum atomic E-state index is 0.0677. The minimum absolute atomic E-state index is 0.0677. The highest BCUT2D eigenvalue weighted by Gasteiger charge is 2.25. The second-order valence-electron chi connectivity index (χ2n) is 4.85.